The van der Waals surface area contributed by atoms with E-state index in [9.17, 15) is 18.0 Å². The number of amides is 1. The lowest BCUT2D eigenvalue weighted by Crippen LogP contribution is -2.36. The second-order valence-corrected chi connectivity index (χ2v) is 8.33. The Labute approximate surface area is 164 Å². The van der Waals surface area contributed by atoms with E-state index in [1.165, 1.54) is 18.2 Å². The molecule has 1 aromatic heterocycles. The fourth-order valence-electron chi connectivity index (χ4n) is 2.90. The Balaban J connectivity index is 1.84. The maximum absolute atomic E-state index is 12.7. The Kier molecular flexibility index (Phi) is 5.51. The van der Waals surface area contributed by atoms with Crippen molar-refractivity contribution in [1.82, 2.24) is 15.1 Å². The van der Waals surface area contributed by atoms with Gasteiger partial charge in [0.2, 0.25) is 0 Å². The molecule has 1 aliphatic rings. The Hall–Kier alpha value is -2.36. The van der Waals surface area contributed by atoms with Crippen molar-refractivity contribution in [3.05, 3.63) is 29.3 Å². The number of nitrogens with zero attached hydrogens (tertiary/aromatic N) is 3. The van der Waals surface area contributed by atoms with Crippen LogP contribution in [0.1, 0.15) is 44.7 Å². The molecular formula is C18H20F3N3O3S. The highest BCUT2D eigenvalue weighted by Crippen LogP contribution is 2.39. The number of aromatic nitrogens is 2. The summed E-state index contributed by atoms with van der Waals surface area (Å²) < 4.78 is 47.5. The van der Waals surface area contributed by atoms with Crippen LogP contribution in [0.3, 0.4) is 0 Å². The summed E-state index contributed by atoms with van der Waals surface area (Å²) >= 11 is 1.14. The van der Waals surface area contributed by atoms with Crippen LogP contribution in [0.2, 0.25) is 0 Å². The average molecular weight is 415 g/mol. The highest BCUT2D eigenvalue weighted by atomic mass is 32.1. The number of ether oxygens (including phenoxy) is 2. The number of para-hydroxylation sites is 1. The third kappa shape index (κ3) is 4.92. The molecule has 0 radical (unpaired) electrons. The fourth-order valence-corrected chi connectivity index (χ4v) is 3.92. The van der Waals surface area contributed by atoms with E-state index in [1.807, 2.05) is 0 Å². The van der Waals surface area contributed by atoms with Gasteiger partial charge in [0.25, 0.3) is 0 Å². The van der Waals surface area contributed by atoms with Gasteiger partial charge in [-0.15, -0.1) is 23.4 Å². The zero-order chi connectivity index (χ0) is 20.5. The molecule has 152 valence electrons. The fraction of sp³-hybridized carbons (Fsp3) is 0.500. The van der Waals surface area contributed by atoms with Gasteiger partial charge < -0.3 is 9.47 Å². The normalized spacial score (nSPS) is 17.6. The molecule has 1 saturated heterocycles. The summed E-state index contributed by atoms with van der Waals surface area (Å²) in [6, 6.07) is 5.46. The predicted molar refractivity (Wildman–Crippen MR) is 96.9 cm³/mol. The molecule has 1 amide bonds. The molecule has 0 bridgehead atoms. The van der Waals surface area contributed by atoms with Crippen LogP contribution in [0.5, 0.6) is 5.75 Å². The van der Waals surface area contributed by atoms with Crippen molar-refractivity contribution in [3.8, 4) is 16.3 Å². The molecule has 10 heteroatoms. The van der Waals surface area contributed by atoms with Crippen molar-refractivity contribution in [2.45, 2.75) is 51.6 Å². The molecule has 0 spiro atoms. The first-order valence-electron chi connectivity index (χ1n) is 8.72. The van der Waals surface area contributed by atoms with E-state index in [1.54, 1.807) is 31.7 Å². The number of rotatable bonds is 3. The number of carbonyl (C=O) groups is 1. The standard InChI is InChI=1S/C18H20F3N3O3S/c1-17(2,3)27-16(25)24-10-6-8-12(24)15-23-22-14(28-15)11-7-4-5-9-13(11)26-18(19,20)21/h4-5,7,9,12H,6,8,10H2,1-3H3/t12-/m0/s1. The third-order valence-electron chi connectivity index (χ3n) is 3.95. The molecule has 6 nitrogen and oxygen atoms in total. The lowest BCUT2D eigenvalue weighted by molar-refractivity contribution is -0.274. The predicted octanol–water partition coefficient (Wildman–Crippen LogP) is 5.18. The Bertz CT molecular complexity index is 848. The lowest BCUT2D eigenvalue weighted by atomic mass is 10.2. The maximum Gasteiger partial charge on any atom is 0.573 e. The van der Waals surface area contributed by atoms with Gasteiger partial charge in [0, 0.05) is 6.54 Å². The Morgan fingerprint density at radius 1 is 1.21 bits per heavy atom. The monoisotopic (exact) mass is 415 g/mol. The van der Waals surface area contributed by atoms with Crippen LogP contribution < -0.4 is 4.74 Å². The van der Waals surface area contributed by atoms with E-state index in [0.29, 0.717) is 23.0 Å². The van der Waals surface area contributed by atoms with Crippen LogP contribution in [0, 0.1) is 0 Å². The summed E-state index contributed by atoms with van der Waals surface area (Å²) in [6.07, 6.45) is -3.77. The van der Waals surface area contributed by atoms with Gasteiger partial charge in [-0.2, -0.15) is 0 Å². The largest absolute Gasteiger partial charge is 0.573 e. The van der Waals surface area contributed by atoms with Gasteiger partial charge in [0.1, 0.15) is 16.4 Å². The molecule has 0 unspecified atom stereocenters. The van der Waals surface area contributed by atoms with E-state index < -0.39 is 18.1 Å². The smallest absolute Gasteiger partial charge is 0.444 e. The second-order valence-electron chi connectivity index (χ2n) is 7.32. The van der Waals surface area contributed by atoms with Crippen LogP contribution >= 0.6 is 11.3 Å². The molecule has 1 atom stereocenters. The first kappa shape index (κ1) is 20.4. The van der Waals surface area contributed by atoms with Gasteiger partial charge in [-0.05, 0) is 45.7 Å². The summed E-state index contributed by atoms with van der Waals surface area (Å²) in [7, 11) is 0. The quantitative estimate of drug-likeness (QED) is 0.692. The lowest BCUT2D eigenvalue weighted by Gasteiger charge is -2.27. The summed E-state index contributed by atoms with van der Waals surface area (Å²) in [5.74, 6) is -0.340. The Morgan fingerprint density at radius 3 is 2.61 bits per heavy atom. The van der Waals surface area contributed by atoms with Gasteiger partial charge in [-0.3, -0.25) is 4.90 Å². The zero-order valence-electron chi connectivity index (χ0n) is 15.6. The van der Waals surface area contributed by atoms with Crippen molar-refractivity contribution in [3.63, 3.8) is 0 Å². The molecule has 1 fully saturated rings. The number of halogens is 3. The molecule has 0 N–H and O–H groups in total. The second kappa shape index (κ2) is 7.57. The Morgan fingerprint density at radius 2 is 1.93 bits per heavy atom. The van der Waals surface area contributed by atoms with E-state index in [-0.39, 0.29) is 17.4 Å². The highest BCUT2D eigenvalue weighted by molar-refractivity contribution is 7.14. The van der Waals surface area contributed by atoms with Crippen molar-refractivity contribution in [2.24, 2.45) is 0 Å². The van der Waals surface area contributed by atoms with Crippen LogP contribution in [-0.2, 0) is 4.74 Å². The molecule has 0 aliphatic carbocycles. The van der Waals surface area contributed by atoms with Gasteiger partial charge in [0.15, 0.2) is 5.01 Å². The molecule has 2 aromatic rings. The van der Waals surface area contributed by atoms with Crippen LogP contribution in [0.4, 0.5) is 18.0 Å². The van der Waals surface area contributed by atoms with Gasteiger partial charge in [-0.1, -0.05) is 23.5 Å². The van der Waals surface area contributed by atoms with Crippen molar-refractivity contribution < 1.29 is 27.4 Å². The molecule has 0 saturated carbocycles. The van der Waals surface area contributed by atoms with Gasteiger partial charge in [-0.25, -0.2) is 4.79 Å². The topological polar surface area (TPSA) is 64.5 Å². The summed E-state index contributed by atoms with van der Waals surface area (Å²) in [6.45, 7) is 5.89. The van der Waals surface area contributed by atoms with E-state index >= 15 is 0 Å². The van der Waals surface area contributed by atoms with Crippen molar-refractivity contribution >= 4 is 17.4 Å². The molecule has 2 heterocycles. The minimum absolute atomic E-state index is 0.199. The van der Waals surface area contributed by atoms with Crippen LogP contribution in [-0.4, -0.2) is 39.7 Å². The number of likely N-dealkylation sites (tertiary alicyclic amines) is 1. The van der Waals surface area contributed by atoms with Gasteiger partial charge in [0.05, 0.1) is 11.6 Å². The average Bonchev–Trinajstić information content (AvgIpc) is 3.21. The number of benzene rings is 1. The maximum atomic E-state index is 12.7. The van der Waals surface area contributed by atoms with E-state index in [0.717, 1.165) is 17.8 Å². The zero-order valence-corrected chi connectivity index (χ0v) is 16.4. The first-order valence-corrected chi connectivity index (χ1v) is 9.53. The minimum Gasteiger partial charge on any atom is -0.444 e. The number of carbonyl (C=O) groups excluding carboxylic acids is 1. The van der Waals surface area contributed by atoms with E-state index in [2.05, 4.69) is 14.9 Å². The summed E-state index contributed by atoms with van der Waals surface area (Å²) in [4.78, 5) is 14.0. The summed E-state index contributed by atoms with van der Waals surface area (Å²) in [5.41, 5.74) is -0.421. The summed E-state index contributed by atoms with van der Waals surface area (Å²) in [5, 5.41) is 9.01. The van der Waals surface area contributed by atoms with Crippen molar-refractivity contribution in [2.75, 3.05) is 6.54 Å². The molecular weight excluding hydrogens is 395 g/mol. The van der Waals surface area contributed by atoms with Gasteiger partial charge >= 0.3 is 12.5 Å². The molecule has 1 aliphatic heterocycles. The third-order valence-corrected chi connectivity index (χ3v) is 5.01. The molecule has 28 heavy (non-hydrogen) atoms. The minimum atomic E-state index is -4.80. The number of alkyl halides is 3. The number of hydrogen-bond donors (Lipinski definition) is 0. The highest BCUT2D eigenvalue weighted by Gasteiger charge is 2.36. The van der Waals surface area contributed by atoms with E-state index in [4.69, 9.17) is 4.74 Å². The van der Waals surface area contributed by atoms with Crippen LogP contribution in [0.15, 0.2) is 24.3 Å². The SMILES string of the molecule is CC(C)(C)OC(=O)N1CCC[C@H]1c1nnc(-c2ccccc2OC(F)(F)F)s1. The molecule has 1 aromatic carbocycles. The molecule has 3 rings (SSSR count). The van der Waals surface area contributed by atoms with Crippen LogP contribution in [0.25, 0.3) is 10.6 Å². The first-order chi connectivity index (χ1) is 13.0. The van der Waals surface area contributed by atoms with Crippen molar-refractivity contribution in [1.29, 1.82) is 0 Å². The number of hydrogen-bond acceptors (Lipinski definition) is 6.